The summed E-state index contributed by atoms with van der Waals surface area (Å²) in [6, 6.07) is 6.17. The average molecular weight is 247 g/mol. The smallest absolute Gasteiger partial charge is 0.161 e. The lowest BCUT2D eigenvalue weighted by Gasteiger charge is -2.10. The van der Waals surface area contributed by atoms with Crippen LogP contribution in [-0.4, -0.2) is 9.97 Å². The summed E-state index contributed by atoms with van der Waals surface area (Å²) in [6.45, 7) is 8.02. The molecule has 0 aliphatic carbocycles. The first-order chi connectivity index (χ1) is 8.00. The second kappa shape index (κ2) is 4.46. The SMILES string of the molecule is Cc1cccc(C)c1-c1nc(C)c(C)c(Cl)n1. The third-order valence-corrected chi connectivity index (χ3v) is 3.40. The first-order valence-electron chi connectivity index (χ1n) is 5.58. The van der Waals surface area contributed by atoms with E-state index >= 15 is 0 Å². The summed E-state index contributed by atoms with van der Waals surface area (Å²) in [7, 11) is 0. The molecule has 0 aliphatic heterocycles. The van der Waals surface area contributed by atoms with Crippen LogP contribution in [0.15, 0.2) is 18.2 Å². The van der Waals surface area contributed by atoms with Gasteiger partial charge in [0.2, 0.25) is 0 Å². The quantitative estimate of drug-likeness (QED) is 0.710. The average Bonchev–Trinajstić information content (AvgIpc) is 2.25. The molecule has 0 spiro atoms. The van der Waals surface area contributed by atoms with Crippen LogP contribution >= 0.6 is 11.6 Å². The van der Waals surface area contributed by atoms with Gasteiger partial charge in [-0.1, -0.05) is 29.8 Å². The Morgan fingerprint density at radius 2 is 1.53 bits per heavy atom. The number of hydrogen-bond acceptors (Lipinski definition) is 2. The minimum atomic E-state index is 0.537. The molecular formula is C14H15ClN2. The number of aromatic nitrogens is 2. The largest absolute Gasteiger partial charge is 0.233 e. The Labute approximate surface area is 107 Å². The van der Waals surface area contributed by atoms with Crippen LogP contribution in [0, 0.1) is 27.7 Å². The van der Waals surface area contributed by atoms with Crippen LogP contribution in [0.1, 0.15) is 22.4 Å². The van der Waals surface area contributed by atoms with E-state index in [1.165, 1.54) is 11.1 Å². The minimum absolute atomic E-state index is 0.537. The highest BCUT2D eigenvalue weighted by Gasteiger charge is 2.11. The summed E-state index contributed by atoms with van der Waals surface area (Å²) in [4.78, 5) is 8.91. The maximum atomic E-state index is 6.12. The molecule has 0 atom stereocenters. The van der Waals surface area contributed by atoms with E-state index in [2.05, 4.69) is 35.9 Å². The molecule has 1 aromatic carbocycles. The van der Waals surface area contributed by atoms with Gasteiger partial charge in [-0.2, -0.15) is 0 Å². The lowest BCUT2D eigenvalue weighted by atomic mass is 10.0. The summed E-state index contributed by atoms with van der Waals surface area (Å²) in [5.74, 6) is 0.716. The van der Waals surface area contributed by atoms with Crippen molar-refractivity contribution in [2.75, 3.05) is 0 Å². The lowest BCUT2D eigenvalue weighted by Crippen LogP contribution is -1.99. The first kappa shape index (κ1) is 12.1. The Morgan fingerprint density at radius 3 is 2.06 bits per heavy atom. The van der Waals surface area contributed by atoms with E-state index in [1.807, 2.05) is 19.9 Å². The molecule has 2 nitrogen and oxygen atoms in total. The highest BCUT2D eigenvalue weighted by atomic mass is 35.5. The number of halogens is 1. The van der Waals surface area contributed by atoms with Crippen LogP contribution in [0.2, 0.25) is 5.15 Å². The molecule has 1 heterocycles. The van der Waals surface area contributed by atoms with Crippen LogP contribution < -0.4 is 0 Å². The molecule has 0 aliphatic rings. The Kier molecular flexibility index (Phi) is 3.16. The van der Waals surface area contributed by atoms with E-state index < -0.39 is 0 Å². The normalized spacial score (nSPS) is 10.6. The lowest BCUT2D eigenvalue weighted by molar-refractivity contribution is 1.06. The first-order valence-corrected chi connectivity index (χ1v) is 5.96. The van der Waals surface area contributed by atoms with Crippen molar-refractivity contribution in [2.24, 2.45) is 0 Å². The Morgan fingerprint density at radius 1 is 0.941 bits per heavy atom. The predicted molar refractivity (Wildman–Crippen MR) is 71.4 cm³/mol. The van der Waals surface area contributed by atoms with Crippen molar-refractivity contribution in [3.05, 3.63) is 45.7 Å². The molecule has 0 saturated heterocycles. The molecule has 0 radical (unpaired) electrons. The molecule has 1 aromatic heterocycles. The summed E-state index contributed by atoms with van der Waals surface area (Å²) >= 11 is 6.12. The zero-order chi connectivity index (χ0) is 12.6. The van der Waals surface area contributed by atoms with Gasteiger partial charge < -0.3 is 0 Å². The van der Waals surface area contributed by atoms with Crippen LogP contribution in [0.25, 0.3) is 11.4 Å². The molecule has 0 amide bonds. The van der Waals surface area contributed by atoms with Crippen molar-refractivity contribution in [1.82, 2.24) is 9.97 Å². The second-order valence-corrected chi connectivity index (χ2v) is 4.67. The van der Waals surface area contributed by atoms with E-state index in [-0.39, 0.29) is 0 Å². The summed E-state index contributed by atoms with van der Waals surface area (Å²) in [6.07, 6.45) is 0. The van der Waals surface area contributed by atoms with Gasteiger partial charge in [0.15, 0.2) is 5.82 Å². The van der Waals surface area contributed by atoms with Crippen molar-refractivity contribution in [1.29, 1.82) is 0 Å². The molecule has 0 unspecified atom stereocenters. The van der Waals surface area contributed by atoms with Crippen molar-refractivity contribution in [3.63, 3.8) is 0 Å². The van der Waals surface area contributed by atoms with Gasteiger partial charge in [0.25, 0.3) is 0 Å². The van der Waals surface area contributed by atoms with E-state index in [9.17, 15) is 0 Å². The predicted octanol–water partition coefficient (Wildman–Crippen LogP) is 4.03. The number of aryl methyl sites for hydroxylation is 3. The summed E-state index contributed by atoms with van der Waals surface area (Å²) < 4.78 is 0. The monoisotopic (exact) mass is 246 g/mol. The number of benzene rings is 1. The fourth-order valence-electron chi connectivity index (χ4n) is 1.87. The number of rotatable bonds is 1. The third kappa shape index (κ3) is 2.18. The van der Waals surface area contributed by atoms with E-state index in [0.717, 1.165) is 16.8 Å². The minimum Gasteiger partial charge on any atom is -0.233 e. The summed E-state index contributed by atoms with van der Waals surface area (Å²) in [5.41, 5.74) is 5.30. The van der Waals surface area contributed by atoms with Crippen LogP contribution in [0.3, 0.4) is 0 Å². The van der Waals surface area contributed by atoms with Gasteiger partial charge in [-0.15, -0.1) is 0 Å². The Hall–Kier alpha value is -1.41. The fourth-order valence-corrected chi connectivity index (χ4v) is 2.09. The topological polar surface area (TPSA) is 25.8 Å². The van der Waals surface area contributed by atoms with Crippen molar-refractivity contribution < 1.29 is 0 Å². The van der Waals surface area contributed by atoms with E-state index in [0.29, 0.717) is 11.0 Å². The fraction of sp³-hybridized carbons (Fsp3) is 0.286. The van der Waals surface area contributed by atoms with Crippen molar-refractivity contribution in [3.8, 4) is 11.4 Å². The molecule has 2 rings (SSSR count). The van der Waals surface area contributed by atoms with E-state index in [4.69, 9.17) is 11.6 Å². The van der Waals surface area contributed by atoms with Crippen LogP contribution in [-0.2, 0) is 0 Å². The zero-order valence-corrected chi connectivity index (χ0v) is 11.3. The summed E-state index contributed by atoms with van der Waals surface area (Å²) in [5, 5.41) is 0.537. The Balaban J connectivity index is 2.69. The van der Waals surface area contributed by atoms with Gasteiger partial charge in [0.1, 0.15) is 5.15 Å². The molecule has 0 saturated carbocycles. The number of nitrogens with zero attached hydrogens (tertiary/aromatic N) is 2. The van der Waals surface area contributed by atoms with Gasteiger partial charge in [0, 0.05) is 16.8 Å². The molecule has 0 bridgehead atoms. The molecule has 17 heavy (non-hydrogen) atoms. The maximum Gasteiger partial charge on any atom is 0.161 e. The van der Waals surface area contributed by atoms with Crippen molar-refractivity contribution >= 4 is 11.6 Å². The van der Waals surface area contributed by atoms with Gasteiger partial charge >= 0.3 is 0 Å². The highest BCUT2D eigenvalue weighted by molar-refractivity contribution is 6.30. The van der Waals surface area contributed by atoms with Crippen LogP contribution in [0.4, 0.5) is 0 Å². The van der Waals surface area contributed by atoms with Gasteiger partial charge in [-0.25, -0.2) is 9.97 Å². The van der Waals surface area contributed by atoms with Gasteiger partial charge in [0.05, 0.1) is 0 Å². The van der Waals surface area contributed by atoms with Gasteiger partial charge in [-0.3, -0.25) is 0 Å². The van der Waals surface area contributed by atoms with Crippen molar-refractivity contribution in [2.45, 2.75) is 27.7 Å². The third-order valence-electron chi connectivity index (χ3n) is 3.03. The highest BCUT2D eigenvalue weighted by Crippen LogP contribution is 2.26. The second-order valence-electron chi connectivity index (χ2n) is 4.32. The van der Waals surface area contributed by atoms with Crippen LogP contribution in [0.5, 0.6) is 0 Å². The molecular weight excluding hydrogens is 232 g/mol. The molecule has 3 heteroatoms. The molecule has 0 fully saturated rings. The standard InChI is InChI=1S/C14H15ClN2/c1-8-6-5-7-9(2)12(8)14-16-11(4)10(3)13(15)17-14/h5-7H,1-4H3. The molecule has 0 N–H and O–H groups in total. The Bertz CT molecular complexity index is 533. The van der Waals surface area contributed by atoms with Gasteiger partial charge in [-0.05, 0) is 38.8 Å². The molecule has 88 valence electrons. The maximum absolute atomic E-state index is 6.12. The molecule has 2 aromatic rings. The number of hydrogen-bond donors (Lipinski definition) is 0. The zero-order valence-electron chi connectivity index (χ0n) is 10.5. The van der Waals surface area contributed by atoms with E-state index in [1.54, 1.807) is 0 Å².